The van der Waals surface area contributed by atoms with Crippen LogP contribution in [0.25, 0.3) is 32.4 Å². The lowest BCUT2D eigenvalue weighted by Crippen LogP contribution is -2.18. The number of sulfonamides is 1. The summed E-state index contributed by atoms with van der Waals surface area (Å²) in [6.07, 6.45) is 1.49. The molecular formula is C27H19F4N5O2S2. The summed E-state index contributed by atoms with van der Waals surface area (Å²) >= 11 is 1.12. The Bertz CT molecular complexity index is 1860. The Morgan fingerprint density at radius 1 is 0.900 bits per heavy atom. The van der Waals surface area contributed by atoms with Gasteiger partial charge in [0.15, 0.2) is 10.7 Å². The third-order valence-electron chi connectivity index (χ3n) is 5.82. The fourth-order valence-corrected chi connectivity index (χ4v) is 6.21. The van der Waals surface area contributed by atoms with E-state index in [1.165, 1.54) is 43.5 Å². The van der Waals surface area contributed by atoms with Crippen molar-refractivity contribution in [2.24, 2.45) is 0 Å². The van der Waals surface area contributed by atoms with Gasteiger partial charge in [-0.15, -0.1) is 11.3 Å². The van der Waals surface area contributed by atoms with Gasteiger partial charge in [-0.2, -0.15) is 0 Å². The first-order valence-electron chi connectivity index (χ1n) is 11.6. The first kappa shape index (κ1) is 27.2. The number of nitrogens with zero attached hydrogens (tertiary/aromatic N) is 3. The molecule has 5 rings (SSSR count). The number of rotatable bonds is 7. The summed E-state index contributed by atoms with van der Waals surface area (Å²) in [5.41, 5.74) is 0.133. The molecule has 0 amide bonds. The normalized spacial score (nSPS) is 11.4. The topological polar surface area (TPSA) is 96.9 Å². The van der Waals surface area contributed by atoms with E-state index in [0.717, 1.165) is 29.5 Å². The van der Waals surface area contributed by atoms with E-state index in [1.54, 1.807) is 19.2 Å². The van der Waals surface area contributed by atoms with E-state index < -0.39 is 43.9 Å². The number of halogens is 4. The molecule has 0 saturated heterocycles. The highest BCUT2D eigenvalue weighted by molar-refractivity contribution is 7.92. The maximum atomic E-state index is 15.9. The Morgan fingerprint density at radius 3 is 2.42 bits per heavy atom. The van der Waals surface area contributed by atoms with E-state index in [1.807, 2.05) is 4.72 Å². The van der Waals surface area contributed by atoms with Crippen molar-refractivity contribution in [1.82, 2.24) is 15.0 Å². The van der Waals surface area contributed by atoms with Crippen molar-refractivity contribution in [2.75, 3.05) is 17.1 Å². The minimum absolute atomic E-state index is 0.0940. The summed E-state index contributed by atoms with van der Waals surface area (Å²) in [4.78, 5) is 12.2. The maximum absolute atomic E-state index is 15.9. The molecular weight excluding hydrogens is 566 g/mol. The second kappa shape index (κ2) is 10.7. The molecule has 0 fully saturated rings. The minimum Gasteiger partial charge on any atom is -0.357 e. The molecule has 0 aliphatic carbocycles. The van der Waals surface area contributed by atoms with Crippen LogP contribution in [-0.2, 0) is 10.0 Å². The molecule has 204 valence electrons. The molecule has 0 saturated carbocycles. The Balaban J connectivity index is 1.65. The molecule has 0 radical (unpaired) electrons. The Morgan fingerprint density at radius 2 is 1.68 bits per heavy atom. The fraction of sp³-hybridized carbons (Fsp3) is 0.0741. The zero-order chi connectivity index (χ0) is 28.6. The van der Waals surface area contributed by atoms with Crippen molar-refractivity contribution in [3.8, 4) is 32.4 Å². The highest BCUT2D eigenvalue weighted by atomic mass is 32.2. The van der Waals surface area contributed by atoms with Gasteiger partial charge in [0.1, 0.15) is 22.5 Å². The summed E-state index contributed by atoms with van der Waals surface area (Å²) in [5.74, 6) is -3.85. The average molecular weight is 586 g/mol. The number of hydrogen-bond donors (Lipinski definition) is 2. The van der Waals surface area contributed by atoms with Crippen LogP contribution in [-0.4, -0.2) is 30.4 Å². The Hall–Kier alpha value is -4.36. The number of nitrogens with one attached hydrogen (secondary N) is 2. The summed E-state index contributed by atoms with van der Waals surface area (Å²) in [7, 11) is -3.24. The summed E-state index contributed by atoms with van der Waals surface area (Å²) in [5, 5.41) is 3.17. The van der Waals surface area contributed by atoms with E-state index in [0.29, 0.717) is 21.1 Å². The third-order valence-corrected chi connectivity index (χ3v) is 8.35. The first-order valence-corrected chi connectivity index (χ1v) is 13.9. The summed E-state index contributed by atoms with van der Waals surface area (Å²) < 4.78 is 86.7. The maximum Gasteiger partial charge on any atom is 0.267 e. The number of benzene rings is 3. The van der Waals surface area contributed by atoms with E-state index in [9.17, 15) is 21.6 Å². The van der Waals surface area contributed by atoms with Crippen molar-refractivity contribution in [3.05, 3.63) is 95.7 Å². The van der Waals surface area contributed by atoms with Gasteiger partial charge in [-0.1, -0.05) is 24.3 Å². The van der Waals surface area contributed by atoms with Crippen LogP contribution in [0.3, 0.4) is 0 Å². The van der Waals surface area contributed by atoms with Crippen molar-refractivity contribution in [3.63, 3.8) is 0 Å². The van der Waals surface area contributed by atoms with Crippen molar-refractivity contribution in [1.29, 1.82) is 0 Å². The van der Waals surface area contributed by atoms with Gasteiger partial charge in [0, 0.05) is 24.4 Å². The molecule has 3 aromatic carbocycles. The van der Waals surface area contributed by atoms with E-state index >= 15 is 4.39 Å². The largest absolute Gasteiger partial charge is 0.357 e. The predicted molar refractivity (Wildman–Crippen MR) is 145 cm³/mol. The second-order valence-corrected chi connectivity index (χ2v) is 11.1. The van der Waals surface area contributed by atoms with Gasteiger partial charge in [0.2, 0.25) is 5.95 Å². The van der Waals surface area contributed by atoms with Crippen molar-refractivity contribution >= 4 is 33.0 Å². The smallest absolute Gasteiger partial charge is 0.267 e. The van der Waals surface area contributed by atoms with Crippen LogP contribution in [0.15, 0.2) is 71.8 Å². The van der Waals surface area contributed by atoms with Gasteiger partial charge in [0.05, 0.1) is 22.0 Å². The molecule has 0 aliphatic rings. The van der Waals surface area contributed by atoms with Gasteiger partial charge in [-0.25, -0.2) is 40.9 Å². The van der Waals surface area contributed by atoms with Gasteiger partial charge in [0.25, 0.3) is 10.0 Å². The van der Waals surface area contributed by atoms with Crippen molar-refractivity contribution in [2.45, 2.75) is 11.8 Å². The molecule has 5 aromatic rings. The summed E-state index contributed by atoms with van der Waals surface area (Å²) in [6.45, 7) is 1.28. The van der Waals surface area contributed by atoms with Crippen LogP contribution in [0.5, 0.6) is 0 Å². The van der Waals surface area contributed by atoms with Crippen LogP contribution in [0, 0.1) is 30.2 Å². The highest BCUT2D eigenvalue weighted by Gasteiger charge is 2.28. The van der Waals surface area contributed by atoms with Crippen LogP contribution >= 0.6 is 11.3 Å². The molecule has 2 heterocycles. The monoisotopic (exact) mass is 585 g/mol. The fourth-order valence-electron chi connectivity index (χ4n) is 3.89. The second-order valence-electron chi connectivity index (χ2n) is 8.50. The lowest BCUT2D eigenvalue weighted by molar-refractivity contribution is 0.516. The molecule has 7 nitrogen and oxygen atoms in total. The third kappa shape index (κ3) is 5.12. The zero-order valence-electron chi connectivity index (χ0n) is 20.8. The lowest BCUT2D eigenvalue weighted by Gasteiger charge is -2.13. The molecule has 13 heteroatoms. The molecule has 0 unspecified atom stereocenters. The number of aromatic nitrogens is 3. The molecule has 0 aliphatic heterocycles. The minimum atomic E-state index is -4.86. The highest BCUT2D eigenvalue weighted by Crippen LogP contribution is 2.42. The van der Waals surface area contributed by atoms with Crippen LogP contribution in [0.4, 0.5) is 29.2 Å². The molecule has 2 aromatic heterocycles. The van der Waals surface area contributed by atoms with Crippen LogP contribution < -0.4 is 10.0 Å². The molecule has 0 bridgehead atoms. The predicted octanol–water partition coefficient (Wildman–Crippen LogP) is 6.64. The molecule has 0 spiro atoms. The van der Waals surface area contributed by atoms with E-state index in [-0.39, 0.29) is 22.8 Å². The summed E-state index contributed by atoms with van der Waals surface area (Å²) in [6, 6.07) is 13.0. The lowest BCUT2D eigenvalue weighted by atomic mass is 10.1. The van der Waals surface area contributed by atoms with Crippen molar-refractivity contribution < 1.29 is 26.0 Å². The van der Waals surface area contributed by atoms with Crippen LogP contribution in [0.2, 0.25) is 0 Å². The Labute approximate surface area is 230 Å². The number of anilines is 2. The molecule has 0 atom stereocenters. The first-order chi connectivity index (χ1) is 19.1. The number of aryl methyl sites for hydroxylation is 1. The van der Waals surface area contributed by atoms with Crippen LogP contribution in [0.1, 0.15) is 5.56 Å². The SMILES string of the molecule is CNc1nccc(-c2sc(-c3cccc(F)c3)nc2-c2cccc(NS(=O)(=O)c3c(F)ccc(C)c3F)c2F)n1. The number of thiazole rings is 1. The van der Waals surface area contributed by atoms with Gasteiger partial charge in [-0.05, 0) is 48.9 Å². The van der Waals surface area contributed by atoms with E-state index in [2.05, 4.69) is 20.3 Å². The van der Waals surface area contributed by atoms with Gasteiger partial charge in [-0.3, -0.25) is 4.72 Å². The molecule has 40 heavy (non-hydrogen) atoms. The standard InChI is InChI=1S/C27H19F4N5O2S2/c1-14-9-10-18(29)25(21(14)30)40(37,38)36-19-8-4-7-17(22(19)31)23-24(20-11-12-33-27(32-2)34-20)39-26(35-23)15-5-3-6-16(28)13-15/h3-13,36H,1-2H3,(H,32,33,34). The zero-order valence-corrected chi connectivity index (χ0v) is 22.5. The van der Waals surface area contributed by atoms with Gasteiger partial charge < -0.3 is 5.32 Å². The van der Waals surface area contributed by atoms with E-state index in [4.69, 9.17) is 0 Å². The van der Waals surface area contributed by atoms with Gasteiger partial charge >= 0.3 is 0 Å². The quantitative estimate of drug-likeness (QED) is 0.208. The number of hydrogen-bond acceptors (Lipinski definition) is 7. The average Bonchev–Trinajstić information content (AvgIpc) is 3.37. The Kier molecular flexibility index (Phi) is 7.25. The molecule has 2 N–H and O–H groups in total.